The molecule has 4 rings (SSSR count). The Morgan fingerprint density at radius 1 is 1.19 bits per heavy atom. The minimum atomic E-state index is -0.843. The molecule has 2 aromatic rings. The van der Waals surface area contributed by atoms with Gasteiger partial charge in [0.05, 0.1) is 12.1 Å². The smallest absolute Gasteiger partial charge is 0.255 e. The first-order valence-electron chi connectivity index (χ1n) is 9.75. The Hall–Kier alpha value is -3.62. The zero-order chi connectivity index (χ0) is 22.3. The lowest BCUT2D eigenvalue weighted by Gasteiger charge is -2.29. The van der Waals surface area contributed by atoms with Crippen LogP contribution in [0.5, 0.6) is 0 Å². The van der Waals surface area contributed by atoms with Gasteiger partial charge in [0.2, 0.25) is 11.8 Å². The molecule has 1 saturated heterocycles. The van der Waals surface area contributed by atoms with Crippen LogP contribution in [0.15, 0.2) is 30.3 Å². The molecule has 2 N–H and O–H groups in total. The highest BCUT2D eigenvalue weighted by molar-refractivity contribution is 6.05. The van der Waals surface area contributed by atoms with Crippen LogP contribution in [0.25, 0.3) is 0 Å². The molecular formula is C22H19F2N3O4. The van der Waals surface area contributed by atoms with E-state index in [-0.39, 0.29) is 48.2 Å². The van der Waals surface area contributed by atoms with E-state index < -0.39 is 41.3 Å². The average molecular weight is 427 g/mol. The van der Waals surface area contributed by atoms with E-state index in [0.717, 1.165) is 0 Å². The van der Waals surface area contributed by atoms with Gasteiger partial charge < -0.3 is 10.2 Å². The Morgan fingerprint density at radius 2 is 1.97 bits per heavy atom. The third-order valence-corrected chi connectivity index (χ3v) is 5.54. The molecule has 0 saturated carbocycles. The number of fused-ring (bicyclic) bond motifs is 1. The maximum absolute atomic E-state index is 15.1. The van der Waals surface area contributed by atoms with Crippen LogP contribution in [0.3, 0.4) is 0 Å². The number of aryl methyl sites for hydroxylation is 1. The Kier molecular flexibility index (Phi) is 5.26. The molecule has 4 amide bonds. The number of halogens is 2. The lowest BCUT2D eigenvalue weighted by Crippen LogP contribution is -2.52. The highest BCUT2D eigenvalue weighted by Gasteiger charge is 2.40. The number of imide groups is 1. The minimum Gasteiger partial charge on any atom is -0.348 e. The van der Waals surface area contributed by atoms with Gasteiger partial charge in [-0.1, -0.05) is 12.1 Å². The predicted molar refractivity (Wildman–Crippen MR) is 105 cm³/mol. The van der Waals surface area contributed by atoms with E-state index in [2.05, 4.69) is 10.6 Å². The third-order valence-electron chi connectivity index (χ3n) is 5.54. The molecular weight excluding hydrogens is 408 g/mol. The fraction of sp³-hybridized carbons (Fsp3) is 0.273. The fourth-order valence-electron chi connectivity index (χ4n) is 3.86. The zero-order valence-electron chi connectivity index (χ0n) is 16.6. The highest BCUT2D eigenvalue weighted by Crippen LogP contribution is 2.30. The van der Waals surface area contributed by atoms with E-state index in [1.807, 2.05) is 0 Å². The van der Waals surface area contributed by atoms with Gasteiger partial charge in [0.25, 0.3) is 11.8 Å². The minimum absolute atomic E-state index is 0.103. The lowest BCUT2D eigenvalue weighted by molar-refractivity contribution is -0.136. The summed E-state index contributed by atoms with van der Waals surface area (Å²) in [6, 6.07) is 6.18. The van der Waals surface area contributed by atoms with Crippen LogP contribution in [-0.4, -0.2) is 34.6 Å². The Morgan fingerprint density at radius 3 is 2.68 bits per heavy atom. The molecule has 7 nitrogen and oxygen atoms in total. The maximum atomic E-state index is 15.1. The molecule has 2 aliphatic heterocycles. The highest BCUT2D eigenvalue weighted by atomic mass is 19.1. The van der Waals surface area contributed by atoms with E-state index in [1.54, 1.807) is 13.0 Å². The van der Waals surface area contributed by atoms with Gasteiger partial charge in [-0.2, -0.15) is 0 Å². The molecule has 2 heterocycles. The Labute approximate surface area is 176 Å². The second kappa shape index (κ2) is 7.90. The van der Waals surface area contributed by atoms with Crippen LogP contribution < -0.4 is 10.6 Å². The zero-order valence-corrected chi connectivity index (χ0v) is 16.6. The number of nitrogens with one attached hydrogen (secondary N) is 2. The van der Waals surface area contributed by atoms with E-state index in [4.69, 9.17) is 0 Å². The molecule has 1 unspecified atom stereocenters. The first-order chi connectivity index (χ1) is 14.8. The van der Waals surface area contributed by atoms with Crippen molar-refractivity contribution < 1.29 is 28.0 Å². The van der Waals surface area contributed by atoms with Crippen LogP contribution in [0, 0.1) is 18.6 Å². The summed E-state index contributed by atoms with van der Waals surface area (Å²) < 4.78 is 29.0. The summed E-state index contributed by atoms with van der Waals surface area (Å²) in [7, 11) is 0. The van der Waals surface area contributed by atoms with Gasteiger partial charge in [0.15, 0.2) is 0 Å². The van der Waals surface area contributed by atoms with E-state index in [1.165, 1.54) is 29.2 Å². The standard InChI is InChI=1S/C22H19F2N3O4/c1-11-2-4-14(16(23)8-11)20(29)25-9-12-3-5-13-15(19(12)24)10-27(22(13)31)17-6-7-18(28)26-21(17)30/h2-5,8,17H,6-7,9-10H2,1H3,(H,25,29)(H,26,28,30). The molecule has 2 aliphatic rings. The molecule has 0 radical (unpaired) electrons. The van der Waals surface area contributed by atoms with Crippen molar-refractivity contribution in [2.24, 2.45) is 0 Å². The maximum Gasteiger partial charge on any atom is 0.255 e. The molecule has 2 aromatic carbocycles. The monoisotopic (exact) mass is 427 g/mol. The second-order valence-corrected chi connectivity index (χ2v) is 7.63. The van der Waals surface area contributed by atoms with Gasteiger partial charge in [-0.15, -0.1) is 0 Å². The first kappa shape index (κ1) is 20.6. The Balaban J connectivity index is 1.50. The summed E-state index contributed by atoms with van der Waals surface area (Å²) in [4.78, 5) is 49.6. The number of piperidine rings is 1. The van der Waals surface area contributed by atoms with Crippen molar-refractivity contribution in [1.29, 1.82) is 0 Å². The van der Waals surface area contributed by atoms with Gasteiger partial charge in [-0.25, -0.2) is 8.78 Å². The Bertz CT molecular complexity index is 1130. The van der Waals surface area contributed by atoms with E-state index >= 15 is 4.39 Å². The summed E-state index contributed by atoms with van der Waals surface area (Å²) in [5.74, 6) is -3.48. The van der Waals surface area contributed by atoms with Gasteiger partial charge in [-0.3, -0.25) is 24.5 Å². The number of hydrogen-bond donors (Lipinski definition) is 2. The molecule has 0 aliphatic carbocycles. The average Bonchev–Trinajstić information content (AvgIpc) is 3.04. The van der Waals surface area contributed by atoms with Crippen molar-refractivity contribution in [3.63, 3.8) is 0 Å². The second-order valence-electron chi connectivity index (χ2n) is 7.63. The summed E-state index contributed by atoms with van der Waals surface area (Å²) in [5.41, 5.74) is 0.928. The van der Waals surface area contributed by atoms with Crippen LogP contribution in [0.4, 0.5) is 8.78 Å². The molecule has 0 aromatic heterocycles. The number of carbonyl (C=O) groups excluding carboxylic acids is 4. The quantitative estimate of drug-likeness (QED) is 0.730. The number of nitrogens with zero attached hydrogens (tertiary/aromatic N) is 1. The number of hydrogen-bond acceptors (Lipinski definition) is 4. The van der Waals surface area contributed by atoms with Crippen molar-refractivity contribution in [3.05, 3.63) is 69.8 Å². The summed E-state index contributed by atoms with van der Waals surface area (Å²) >= 11 is 0. The number of carbonyl (C=O) groups is 4. The number of benzene rings is 2. The molecule has 1 fully saturated rings. The molecule has 9 heteroatoms. The normalized spacial score (nSPS) is 18.1. The van der Waals surface area contributed by atoms with Crippen LogP contribution in [0.2, 0.25) is 0 Å². The van der Waals surface area contributed by atoms with Crippen LogP contribution in [-0.2, 0) is 22.7 Å². The van der Waals surface area contributed by atoms with Crippen molar-refractivity contribution in [3.8, 4) is 0 Å². The topological polar surface area (TPSA) is 95.6 Å². The molecule has 160 valence electrons. The van der Waals surface area contributed by atoms with Crippen molar-refractivity contribution in [2.45, 2.75) is 38.9 Å². The molecule has 1 atom stereocenters. The van der Waals surface area contributed by atoms with Gasteiger partial charge in [0.1, 0.15) is 17.7 Å². The number of rotatable bonds is 4. The van der Waals surface area contributed by atoms with Crippen molar-refractivity contribution >= 4 is 23.6 Å². The summed E-state index contributed by atoms with van der Waals surface area (Å²) in [6.45, 7) is 1.39. The van der Waals surface area contributed by atoms with Gasteiger partial charge in [0, 0.05) is 29.7 Å². The van der Waals surface area contributed by atoms with Crippen LogP contribution in [0.1, 0.15) is 50.2 Å². The molecule has 31 heavy (non-hydrogen) atoms. The number of amides is 4. The van der Waals surface area contributed by atoms with Crippen molar-refractivity contribution in [2.75, 3.05) is 0 Å². The predicted octanol–water partition coefficient (Wildman–Crippen LogP) is 1.96. The SMILES string of the molecule is Cc1ccc(C(=O)NCc2ccc3c(c2F)CN(C2CCC(=O)NC2=O)C3=O)c(F)c1. The molecule has 0 bridgehead atoms. The van der Waals surface area contributed by atoms with Gasteiger partial charge in [-0.05, 0) is 37.1 Å². The summed E-state index contributed by atoms with van der Waals surface area (Å²) in [5, 5.41) is 4.68. The van der Waals surface area contributed by atoms with Gasteiger partial charge >= 0.3 is 0 Å². The lowest BCUT2D eigenvalue weighted by atomic mass is 10.0. The third kappa shape index (κ3) is 3.78. The fourth-order valence-corrected chi connectivity index (χ4v) is 3.86. The van der Waals surface area contributed by atoms with E-state index in [9.17, 15) is 23.6 Å². The first-order valence-corrected chi connectivity index (χ1v) is 9.75. The largest absolute Gasteiger partial charge is 0.348 e. The summed E-state index contributed by atoms with van der Waals surface area (Å²) in [6.07, 6.45) is 0.281. The van der Waals surface area contributed by atoms with Crippen molar-refractivity contribution in [1.82, 2.24) is 15.5 Å². The van der Waals surface area contributed by atoms with E-state index in [0.29, 0.717) is 5.56 Å². The molecule has 0 spiro atoms. The van der Waals surface area contributed by atoms with Crippen LogP contribution >= 0.6 is 0 Å².